The molecule has 9 heavy (non-hydrogen) atoms. The number of hydrogen-bond acceptors (Lipinski definition) is 2. The Labute approximate surface area is 65.8 Å². The standard InChI is InChI=1S/C3H4FIO3S/c1-2-3(4,5)9(6,7)8/h2H,1H2,(H,6,7,8). The molecule has 54 valence electrons. The van der Waals surface area contributed by atoms with Crippen LogP contribution in [0.1, 0.15) is 0 Å². The lowest BCUT2D eigenvalue weighted by atomic mass is 10.7. The molecule has 0 aliphatic rings. The number of rotatable bonds is 2. The fourth-order valence-electron chi connectivity index (χ4n) is 0.105. The van der Waals surface area contributed by atoms with Crippen LogP contribution in [0.2, 0.25) is 0 Å². The van der Waals surface area contributed by atoms with Crippen LogP contribution >= 0.6 is 22.6 Å². The van der Waals surface area contributed by atoms with Crippen molar-refractivity contribution in [3.8, 4) is 0 Å². The Morgan fingerprint density at radius 2 is 2.11 bits per heavy atom. The van der Waals surface area contributed by atoms with Gasteiger partial charge in [-0.2, -0.15) is 8.42 Å². The summed E-state index contributed by atoms with van der Waals surface area (Å²) in [4.78, 5) is 0. The van der Waals surface area contributed by atoms with Crippen molar-refractivity contribution in [2.24, 2.45) is 0 Å². The molecule has 0 aromatic heterocycles. The average Bonchev–Trinajstić information content (AvgIpc) is 1.64. The van der Waals surface area contributed by atoms with Gasteiger partial charge in [0.05, 0.1) is 0 Å². The fourth-order valence-corrected chi connectivity index (χ4v) is 0.316. The van der Waals surface area contributed by atoms with Gasteiger partial charge >= 0.3 is 13.1 Å². The predicted molar refractivity (Wildman–Crippen MR) is 39.6 cm³/mol. The van der Waals surface area contributed by atoms with Crippen LogP contribution in [0.3, 0.4) is 0 Å². The summed E-state index contributed by atoms with van der Waals surface area (Å²) in [5.41, 5.74) is 0. The van der Waals surface area contributed by atoms with Crippen LogP contribution in [-0.2, 0) is 10.1 Å². The minimum Gasteiger partial charge on any atom is -0.282 e. The van der Waals surface area contributed by atoms with Gasteiger partial charge in [0.25, 0.3) is 0 Å². The van der Waals surface area contributed by atoms with Gasteiger partial charge in [-0.15, -0.1) is 0 Å². The Hall–Kier alpha value is 0.310. The minimum absolute atomic E-state index is 0.503. The fraction of sp³-hybridized carbons (Fsp3) is 0.333. The Morgan fingerprint density at radius 3 is 2.11 bits per heavy atom. The molecule has 0 amide bonds. The average molecular weight is 266 g/mol. The molecule has 0 bridgehead atoms. The molecule has 0 radical (unpaired) electrons. The summed E-state index contributed by atoms with van der Waals surface area (Å²) in [6, 6.07) is 0. The van der Waals surface area contributed by atoms with E-state index in [1.165, 1.54) is 0 Å². The normalized spacial score (nSPS) is 18.6. The van der Waals surface area contributed by atoms with Gasteiger partial charge in [-0.25, -0.2) is 4.39 Å². The van der Waals surface area contributed by atoms with Gasteiger partial charge in [0.1, 0.15) is 0 Å². The van der Waals surface area contributed by atoms with Gasteiger partial charge in [0.15, 0.2) is 0 Å². The molecule has 1 N–H and O–H groups in total. The summed E-state index contributed by atoms with van der Waals surface area (Å²) in [7, 11) is -4.65. The maximum absolute atomic E-state index is 12.4. The highest BCUT2D eigenvalue weighted by atomic mass is 127. The van der Waals surface area contributed by atoms with Crippen LogP contribution < -0.4 is 0 Å². The van der Waals surface area contributed by atoms with E-state index in [1.807, 2.05) is 0 Å². The Morgan fingerprint density at radius 1 is 1.78 bits per heavy atom. The summed E-state index contributed by atoms with van der Waals surface area (Å²) in [6.45, 7) is 2.88. The van der Waals surface area contributed by atoms with E-state index in [1.54, 1.807) is 0 Å². The van der Waals surface area contributed by atoms with Gasteiger partial charge in [-0.3, -0.25) is 4.55 Å². The molecule has 0 spiro atoms. The molecule has 6 heteroatoms. The predicted octanol–water partition coefficient (Wildman–Crippen LogP) is 1.12. The summed E-state index contributed by atoms with van der Waals surface area (Å²) in [5, 5.41) is 0. The second kappa shape index (κ2) is 2.51. The molecule has 0 saturated carbocycles. The van der Waals surface area contributed by atoms with E-state index in [-0.39, 0.29) is 0 Å². The van der Waals surface area contributed by atoms with Gasteiger partial charge in [0, 0.05) is 0 Å². The smallest absolute Gasteiger partial charge is 0.282 e. The largest absolute Gasteiger partial charge is 0.314 e. The maximum Gasteiger partial charge on any atom is 0.314 e. The quantitative estimate of drug-likeness (QED) is 0.352. The van der Waals surface area contributed by atoms with Crippen molar-refractivity contribution in [1.82, 2.24) is 0 Å². The van der Waals surface area contributed by atoms with Crippen LogP contribution in [-0.4, -0.2) is 16.0 Å². The summed E-state index contributed by atoms with van der Waals surface area (Å²) >= 11 is 0.924. The van der Waals surface area contributed by atoms with Gasteiger partial charge < -0.3 is 0 Å². The molecule has 0 aromatic rings. The first kappa shape index (κ1) is 9.31. The molecule has 0 aliphatic carbocycles. The van der Waals surface area contributed by atoms with E-state index in [0.29, 0.717) is 6.08 Å². The van der Waals surface area contributed by atoms with E-state index in [2.05, 4.69) is 6.58 Å². The molecule has 0 fully saturated rings. The molecule has 1 unspecified atom stereocenters. The molecule has 0 saturated heterocycles. The molecule has 3 nitrogen and oxygen atoms in total. The molecular formula is C3H4FIO3S. The van der Waals surface area contributed by atoms with E-state index >= 15 is 0 Å². The van der Waals surface area contributed by atoms with Crippen molar-refractivity contribution in [1.29, 1.82) is 0 Å². The zero-order valence-corrected chi connectivity index (χ0v) is 7.19. The van der Waals surface area contributed by atoms with Crippen LogP contribution in [0, 0.1) is 0 Å². The summed E-state index contributed by atoms with van der Waals surface area (Å²) in [5.74, 6) is 0. The van der Waals surface area contributed by atoms with E-state index < -0.39 is 13.1 Å². The van der Waals surface area contributed by atoms with Crippen LogP contribution in [0.4, 0.5) is 4.39 Å². The second-order valence-electron chi connectivity index (χ2n) is 1.24. The van der Waals surface area contributed by atoms with E-state index in [4.69, 9.17) is 4.55 Å². The first-order valence-corrected chi connectivity index (χ1v) is 4.31. The zero-order chi connectivity index (χ0) is 7.71. The molecule has 1 atom stereocenters. The van der Waals surface area contributed by atoms with Crippen molar-refractivity contribution < 1.29 is 17.4 Å². The Kier molecular flexibility index (Phi) is 2.59. The van der Waals surface area contributed by atoms with Crippen molar-refractivity contribution in [2.45, 2.75) is 3.01 Å². The Balaban J connectivity index is 4.77. The zero-order valence-electron chi connectivity index (χ0n) is 4.21. The van der Waals surface area contributed by atoms with Gasteiger partial charge in [-0.05, 0) is 28.7 Å². The summed E-state index contributed by atoms with van der Waals surface area (Å²) < 4.78 is 37.6. The molecule has 0 rings (SSSR count). The number of alkyl halides is 2. The number of halogens is 2. The molecule has 0 aromatic carbocycles. The van der Waals surface area contributed by atoms with Crippen LogP contribution in [0.15, 0.2) is 12.7 Å². The SMILES string of the molecule is C=CC(F)(I)S(=O)(=O)O. The maximum atomic E-state index is 12.4. The van der Waals surface area contributed by atoms with Crippen LogP contribution in [0.5, 0.6) is 0 Å². The summed E-state index contributed by atoms with van der Waals surface area (Å²) in [6.07, 6.45) is 0.503. The van der Waals surface area contributed by atoms with Crippen molar-refractivity contribution in [3.63, 3.8) is 0 Å². The lowest BCUT2D eigenvalue weighted by Gasteiger charge is -2.06. The van der Waals surface area contributed by atoms with Gasteiger partial charge in [0.2, 0.25) is 0 Å². The van der Waals surface area contributed by atoms with Crippen molar-refractivity contribution in [2.75, 3.05) is 0 Å². The first-order valence-electron chi connectivity index (χ1n) is 1.79. The van der Waals surface area contributed by atoms with Gasteiger partial charge in [-0.1, -0.05) is 6.58 Å². The Bertz CT molecular complexity index is 207. The van der Waals surface area contributed by atoms with E-state index in [9.17, 15) is 12.8 Å². The lowest BCUT2D eigenvalue weighted by Crippen LogP contribution is -2.22. The third kappa shape index (κ3) is 2.18. The highest BCUT2D eigenvalue weighted by Gasteiger charge is 2.36. The lowest BCUT2D eigenvalue weighted by molar-refractivity contribution is 0.400. The topological polar surface area (TPSA) is 54.4 Å². The first-order chi connectivity index (χ1) is 3.81. The number of hydrogen-bond donors (Lipinski definition) is 1. The molecule has 0 heterocycles. The second-order valence-corrected chi connectivity index (χ2v) is 5.09. The molecule has 0 aliphatic heterocycles. The van der Waals surface area contributed by atoms with Crippen LogP contribution in [0.25, 0.3) is 0 Å². The molecular weight excluding hydrogens is 262 g/mol. The van der Waals surface area contributed by atoms with Crippen molar-refractivity contribution >= 4 is 32.7 Å². The van der Waals surface area contributed by atoms with Crippen molar-refractivity contribution in [3.05, 3.63) is 12.7 Å². The third-order valence-corrected chi connectivity index (χ3v) is 3.55. The van der Waals surface area contributed by atoms with E-state index in [0.717, 1.165) is 22.6 Å². The minimum atomic E-state index is -4.65. The highest BCUT2D eigenvalue weighted by Crippen LogP contribution is 2.27. The highest BCUT2D eigenvalue weighted by molar-refractivity contribution is 14.1. The third-order valence-electron chi connectivity index (χ3n) is 0.582. The monoisotopic (exact) mass is 266 g/mol.